The normalized spacial score (nSPS) is 10.6. The van der Waals surface area contributed by atoms with Crippen molar-refractivity contribution in [3.8, 4) is 5.75 Å². The predicted molar refractivity (Wildman–Crippen MR) is 71.9 cm³/mol. The molecule has 0 aliphatic heterocycles. The molecule has 0 unspecified atom stereocenters. The Hall–Kier alpha value is -0.980. The van der Waals surface area contributed by atoms with Crippen LogP contribution in [0.15, 0.2) is 18.2 Å². The van der Waals surface area contributed by atoms with Crippen molar-refractivity contribution in [3.05, 3.63) is 29.3 Å². The highest BCUT2D eigenvalue weighted by molar-refractivity contribution is 5.34. The van der Waals surface area contributed by atoms with Gasteiger partial charge in [0.2, 0.25) is 0 Å². The van der Waals surface area contributed by atoms with E-state index in [9.17, 15) is 0 Å². The molecule has 1 rings (SSSR count). The summed E-state index contributed by atoms with van der Waals surface area (Å²) in [5, 5.41) is 9.04. The number of aromatic hydroxyl groups is 1. The topological polar surface area (TPSA) is 20.2 Å². The summed E-state index contributed by atoms with van der Waals surface area (Å²) in [6.07, 6.45) is 2.65. The SMILES string of the molecule is CCCC(C)(C)C.Cc1ccc(O)c(C)c1. The molecule has 92 valence electrons. The van der Waals surface area contributed by atoms with Crippen molar-refractivity contribution < 1.29 is 5.11 Å². The molecular formula is C15H26O. The van der Waals surface area contributed by atoms with E-state index in [1.807, 2.05) is 26.0 Å². The van der Waals surface area contributed by atoms with E-state index in [0.29, 0.717) is 11.2 Å². The van der Waals surface area contributed by atoms with E-state index in [4.69, 9.17) is 5.11 Å². The Labute approximate surface area is 101 Å². The minimum Gasteiger partial charge on any atom is -0.508 e. The van der Waals surface area contributed by atoms with Crippen LogP contribution in [-0.4, -0.2) is 5.11 Å². The molecule has 1 nitrogen and oxygen atoms in total. The third-order valence-electron chi connectivity index (χ3n) is 2.35. The Kier molecular flexibility index (Phi) is 6.17. The molecule has 0 bridgehead atoms. The van der Waals surface area contributed by atoms with Crippen molar-refractivity contribution in [2.45, 2.75) is 54.4 Å². The fraction of sp³-hybridized carbons (Fsp3) is 0.600. The fourth-order valence-corrected chi connectivity index (χ4v) is 1.56. The van der Waals surface area contributed by atoms with Gasteiger partial charge >= 0.3 is 0 Å². The predicted octanol–water partition coefficient (Wildman–Crippen LogP) is 4.84. The first kappa shape index (κ1) is 15.0. The van der Waals surface area contributed by atoms with Gasteiger partial charge in [0.05, 0.1) is 0 Å². The lowest BCUT2D eigenvalue weighted by Gasteiger charge is -2.15. The first-order valence-corrected chi connectivity index (χ1v) is 6.02. The summed E-state index contributed by atoms with van der Waals surface area (Å²) in [4.78, 5) is 0. The Bertz CT molecular complexity index is 308. The molecule has 0 saturated carbocycles. The number of hydrogen-bond donors (Lipinski definition) is 1. The molecular weight excluding hydrogens is 196 g/mol. The van der Waals surface area contributed by atoms with Crippen LogP contribution in [0.5, 0.6) is 5.75 Å². The number of rotatable bonds is 1. The van der Waals surface area contributed by atoms with E-state index in [0.717, 1.165) is 5.56 Å². The third kappa shape index (κ3) is 7.33. The van der Waals surface area contributed by atoms with E-state index in [1.165, 1.54) is 18.4 Å². The zero-order valence-corrected chi connectivity index (χ0v) is 11.6. The molecule has 0 atom stereocenters. The average Bonchev–Trinajstić information content (AvgIpc) is 2.11. The first-order chi connectivity index (χ1) is 7.26. The number of aryl methyl sites for hydroxylation is 2. The van der Waals surface area contributed by atoms with Crippen LogP contribution in [0.2, 0.25) is 0 Å². The van der Waals surface area contributed by atoms with Gasteiger partial charge in [-0.25, -0.2) is 0 Å². The second-order valence-corrected chi connectivity index (χ2v) is 5.60. The monoisotopic (exact) mass is 222 g/mol. The number of hydrogen-bond acceptors (Lipinski definition) is 1. The maximum Gasteiger partial charge on any atom is 0.118 e. The van der Waals surface area contributed by atoms with Crippen molar-refractivity contribution in [1.82, 2.24) is 0 Å². The second kappa shape index (κ2) is 6.57. The molecule has 1 heteroatoms. The maximum atomic E-state index is 9.04. The molecule has 0 aliphatic rings. The molecule has 0 fully saturated rings. The van der Waals surface area contributed by atoms with Crippen molar-refractivity contribution in [2.75, 3.05) is 0 Å². The van der Waals surface area contributed by atoms with E-state index in [1.54, 1.807) is 6.07 Å². The molecule has 0 saturated heterocycles. The summed E-state index contributed by atoms with van der Waals surface area (Å²) in [5.74, 6) is 0.376. The largest absolute Gasteiger partial charge is 0.508 e. The van der Waals surface area contributed by atoms with Gasteiger partial charge in [0.1, 0.15) is 5.75 Å². The first-order valence-electron chi connectivity index (χ1n) is 6.02. The number of benzene rings is 1. The van der Waals surface area contributed by atoms with Gasteiger partial charge in [-0.1, -0.05) is 51.8 Å². The standard InChI is InChI=1S/C8H10O.C7H16/c1-6-3-4-8(9)7(2)5-6;1-5-6-7(2,3)4/h3-5,9H,1-2H3;5-6H2,1-4H3. The zero-order chi connectivity index (χ0) is 12.8. The third-order valence-corrected chi connectivity index (χ3v) is 2.35. The number of phenols is 1. The van der Waals surface area contributed by atoms with Crippen LogP contribution in [0.25, 0.3) is 0 Å². The summed E-state index contributed by atoms with van der Waals surface area (Å²) in [6, 6.07) is 5.56. The molecule has 0 spiro atoms. The summed E-state index contributed by atoms with van der Waals surface area (Å²) in [5.41, 5.74) is 2.68. The van der Waals surface area contributed by atoms with Crippen LogP contribution >= 0.6 is 0 Å². The second-order valence-electron chi connectivity index (χ2n) is 5.60. The molecule has 0 heterocycles. The van der Waals surface area contributed by atoms with E-state index < -0.39 is 0 Å². The zero-order valence-electron chi connectivity index (χ0n) is 11.6. The van der Waals surface area contributed by atoms with Gasteiger partial charge in [-0.2, -0.15) is 0 Å². The Morgan fingerprint density at radius 1 is 1.12 bits per heavy atom. The summed E-state index contributed by atoms with van der Waals surface area (Å²) in [7, 11) is 0. The summed E-state index contributed by atoms with van der Waals surface area (Å²) >= 11 is 0. The highest BCUT2D eigenvalue weighted by Gasteiger charge is 2.06. The van der Waals surface area contributed by atoms with Crippen LogP contribution in [0.1, 0.15) is 51.7 Å². The molecule has 0 aromatic heterocycles. The Morgan fingerprint density at radius 2 is 1.69 bits per heavy atom. The van der Waals surface area contributed by atoms with Crippen molar-refractivity contribution >= 4 is 0 Å². The molecule has 0 radical (unpaired) electrons. The van der Waals surface area contributed by atoms with Crippen LogP contribution < -0.4 is 0 Å². The van der Waals surface area contributed by atoms with Crippen molar-refractivity contribution in [2.24, 2.45) is 5.41 Å². The highest BCUT2D eigenvalue weighted by Crippen LogP contribution is 2.19. The van der Waals surface area contributed by atoms with Crippen molar-refractivity contribution in [1.29, 1.82) is 0 Å². The Morgan fingerprint density at radius 3 is 1.94 bits per heavy atom. The van der Waals surface area contributed by atoms with Gasteiger partial charge in [-0.3, -0.25) is 0 Å². The smallest absolute Gasteiger partial charge is 0.118 e. The minimum atomic E-state index is 0.376. The van der Waals surface area contributed by atoms with Gasteiger partial charge in [0.15, 0.2) is 0 Å². The summed E-state index contributed by atoms with van der Waals surface area (Å²) in [6.45, 7) is 12.9. The lowest BCUT2D eigenvalue weighted by atomic mass is 9.91. The molecule has 1 N–H and O–H groups in total. The highest BCUT2D eigenvalue weighted by atomic mass is 16.3. The Balaban J connectivity index is 0.000000293. The van der Waals surface area contributed by atoms with Gasteiger partial charge in [-0.05, 0) is 37.3 Å². The number of phenolic OH excluding ortho intramolecular Hbond substituents is 1. The molecule has 0 amide bonds. The molecule has 0 aliphatic carbocycles. The quantitative estimate of drug-likeness (QED) is 0.720. The van der Waals surface area contributed by atoms with Gasteiger partial charge in [0.25, 0.3) is 0 Å². The van der Waals surface area contributed by atoms with Crippen LogP contribution in [0.4, 0.5) is 0 Å². The van der Waals surface area contributed by atoms with Gasteiger partial charge in [-0.15, -0.1) is 0 Å². The van der Waals surface area contributed by atoms with Crippen molar-refractivity contribution in [3.63, 3.8) is 0 Å². The fourth-order valence-electron chi connectivity index (χ4n) is 1.56. The maximum absolute atomic E-state index is 9.04. The lowest BCUT2D eigenvalue weighted by Crippen LogP contribution is -2.02. The average molecular weight is 222 g/mol. The molecule has 1 aromatic rings. The van der Waals surface area contributed by atoms with Crippen LogP contribution in [-0.2, 0) is 0 Å². The minimum absolute atomic E-state index is 0.376. The van der Waals surface area contributed by atoms with Gasteiger partial charge in [0, 0.05) is 0 Å². The van der Waals surface area contributed by atoms with Gasteiger partial charge < -0.3 is 5.11 Å². The summed E-state index contributed by atoms with van der Waals surface area (Å²) < 4.78 is 0. The molecule has 16 heavy (non-hydrogen) atoms. The van der Waals surface area contributed by atoms with Crippen LogP contribution in [0, 0.1) is 19.3 Å². The van der Waals surface area contributed by atoms with E-state index in [2.05, 4.69) is 27.7 Å². The van der Waals surface area contributed by atoms with E-state index in [-0.39, 0.29) is 0 Å². The lowest BCUT2D eigenvalue weighted by molar-refractivity contribution is 0.373. The van der Waals surface area contributed by atoms with E-state index >= 15 is 0 Å². The molecule has 1 aromatic carbocycles. The van der Waals surface area contributed by atoms with Crippen LogP contribution in [0.3, 0.4) is 0 Å².